The molecule has 0 radical (unpaired) electrons. The Morgan fingerprint density at radius 1 is 0.718 bits per heavy atom. The first-order chi connectivity index (χ1) is 18.4. The van der Waals surface area contributed by atoms with E-state index in [4.69, 9.17) is 18.9 Å². The molecule has 0 fully saturated rings. The van der Waals surface area contributed by atoms with Crippen molar-refractivity contribution in [3.05, 3.63) is 71.8 Å². The van der Waals surface area contributed by atoms with Gasteiger partial charge in [-0.2, -0.15) is 0 Å². The summed E-state index contributed by atoms with van der Waals surface area (Å²) in [5, 5.41) is 24.2. The molecule has 2 rings (SSSR count). The second-order valence-electron chi connectivity index (χ2n) is 9.02. The van der Waals surface area contributed by atoms with Gasteiger partial charge in [0.05, 0.1) is 29.2 Å². The summed E-state index contributed by atoms with van der Waals surface area (Å²) in [6, 6.07) is 14.2. The van der Waals surface area contributed by atoms with E-state index >= 15 is 0 Å². The van der Waals surface area contributed by atoms with Crippen LogP contribution in [0.4, 0.5) is 0 Å². The van der Waals surface area contributed by atoms with Gasteiger partial charge in [-0.25, -0.2) is 0 Å². The maximum atomic E-state index is 12.8. The van der Waals surface area contributed by atoms with E-state index in [1.807, 2.05) is 38.1 Å². The minimum absolute atomic E-state index is 0.0557. The standard InChI is InChI=1S/C29H34O10/c1-18-6-10-23(11-7-18)36-14-16-38-26(32)21(4)29(28(34)35,20(3)25(30)31)22(5)27(33)39-17-15-37-24-12-8-19(2)9-13-24/h6-13,21-22H,3,14-17H2,1-2,4-5H3,(H,30,31)(H,34,35)/p-2. The highest BCUT2D eigenvalue weighted by Crippen LogP contribution is 2.43. The molecular formula is C29H32O10-2. The van der Waals surface area contributed by atoms with Crippen molar-refractivity contribution in [2.24, 2.45) is 17.3 Å². The lowest BCUT2D eigenvalue weighted by Crippen LogP contribution is -2.58. The van der Waals surface area contributed by atoms with Crippen LogP contribution in [0.5, 0.6) is 11.5 Å². The number of ether oxygens (including phenoxy) is 4. The summed E-state index contributed by atoms with van der Waals surface area (Å²) in [5.74, 6) is -8.55. The lowest BCUT2D eigenvalue weighted by Gasteiger charge is -2.44. The fourth-order valence-electron chi connectivity index (χ4n) is 4.04. The molecule has 2 aromatic rings. The third-order valence-corrected chi connectivity index (χ3v) is 6.39. The molecule has 0 saturated carbocycles. The van der Waals surface area contributed by atoms with Gasteiger partial charge >= 0.3 is 11.9 Å². The quantitative estimate of drug-likeness (QED) is 0.183. The molecule has 39 heavy (non-hydrogen) atoms. The fourth-order valence-corrected chi connectivity index (χ4v) is 4.04. The molecule has 0 amide bonds. The zero-order valence-corrected chi connectivity index (χ0v) is 22.4. The highest BCUT2D eigenvalue weighted by molar-refractivity contribution is 6.00. The molecule has 0 heterocycles. The first-order valence-corrected chi connectivity index (χ1v) is 12.3. The van der Waals surface area contributed by atoms with Crippen LogP contribution in [0.3, 0.4) is 0 Å². The largest absolute Gasteiger partial charge is 0.549 e. The molecule has 0 aliphatic rings. The Bertz CT molecular complexity index is 1100. The minimum Gasteiger partial charge on any atom is -0.549 e. The molecule has 0 N–H and O–H groups in total. The fraction of sp³-hybridized carbons (Fsp3) is 0.379. The molecule has 10 heteroatoms. The summed E-state index contributed by atoms with van der Waals surface area (Å²) in [5.41, 5.74) is -1.69. The van der Waals surface area contributed by atoms with Gasteiger partial charge in [0.1, 0.15) is 37.9 Å². The Labute approximate surface area is 227 Å². The number of hydrogen-bond donors (Lipinski definition) is 0. The average molecular weight is 541 g/mol. The van der Waals surface area contributed by atoms with Crippen LogP contribution in [-0.2, 0) is 28.7 Å². The summed E-state index contributed by atoms with van der Waals surface area (Å²) >= 11 is 0. The van der Waals surface area contributed by atoms with E-state index in [1.54, 1.807) is 24.3 Å². The van der Waals surface area contributed by atoms with Gasteiger partial charge in [0.2, 0.25) is 0 Å². The zero-order chi connectivity index (χ0) is 29.2. The van der Waals surface area contributed by atoms with E-state index in [9.17, 15) is 29.4 Å². The van der Waals surface area contributed by atoms with Gasteiger partial charge in [-0.05, 0) is 43.7 Å². The van der Waals surface area contributed by atoms with E-state index in [2.05, 4.69) is 6.58 Å². The number of benzene rings is 2. The Morgan fingerprint density at radius 2 is 1.08 bits per heavy atom. The van der Waals surface area contributed by atoms with Crippen molar-refractivity contribution in [3.8, 4) is 11.5 Å². The Kier molecular flexibility index (Phi) is 11.1. The molecule has 0 aliphatic heterocycles. The number of carbonyl (C=O) groups excluding carboxylic acids is 4. The monoisotopic (exact) mass is 540 g/mol. The van der Waals surface area contributed by atoms with Crippen LogP contribution in [0.1, 0.15) is 25.0 Å². The first kappa shape index (κ1) is 30.9. The predicted molar refractivity (Wildman–Crippen MR) is 135 cm³/mol. The van der Waals surface area contributed by atoms with Crippen LogP contribution in [-0.4, -0.2) is 50.3 Å². The van der Waals surface area contributed by atoms with E-state index < -0.39 is 46.7 Å². The summed E-state index contributed by atoms with van der Waals surface area (Å²) < 4.78 is 21.2. The van der Waals surface area contributed by atoms with Crippen molar-refractivity contribution in [1.29, 1.82) is 0 Å². The average Bonchev–Trinajstić information content (AvgIpc) is 2.90. The van der Waals surface area contributed by atoms with Crippen LogP contribution < -0.4 is 19.7 Å². The molecule has 2 aromatic carbocycles. The van der Waals surface area contributed by atoms with E-state index in [1.165, 1.54) is 0 Å². The minimum atomic E-state index is -2.72. The molecule has 2 unspecified atom stereocenters. The predicted octanol–water partition coefficient (Wildman–Crippen LogP) is 1.16. The summed E-state index contributed by atoms with van der Waals surface area (Å²) in [4.78, 5) is 49.9. The van der Waals surface area contributed by atoms with Gasteiger partial charge < -0.3 is 38.7 Å². The normalized spacial score (nSPS) is 13.7. The van der Waals surface area contributed by atoms with Crippen LogP contribution in [0.25, 0.3) is 0 Å². The van der Waals surface area contributed by atoms with Crippen LogP contribution in [0.15, 0.2) is 60.7 Å². The zero-order valence-electron chi connectivity index (χ0n) is 22.4. The maximum absolute atomic E-state index is 12.8. The SMILES string of the molecule is C=C(C(=O)[O-])C(C(=O)[O-])(C(C)C(=O)OCCOc1ccc(C)cc1)C(C)C(=O)OCCOc1ccc(C)cc1. The van der Waals surface area contributed by atoms with Crippen molar-refractivity contribution < 1.29 is 48.3 Å². The molecular weight excluding hydrogens is 508 g/mol. The number of rotatable bonds is 15. The van der Waals surface area contributed by atoms with Gasteiger partial charge in [0.25, 0.3) is 0 Å². The van der Waals surface area contributed by atoms with E-state index in [0.29, 0.717) is 11.5 Å². The van der Waals surface area contributed by atoms with Crippen molar-refractivity contribution in [2.75, 3.05) is 26.4 Å². The van der Waals surface area contributed by atoms with Crippen LogP contribution in [0, 0.1) is 31.1 Å². The number of aryl methyl sites for hydroxylation is 2. The molecule has 0 bridgehead atoms. The Balaban J connectivity index is 2.09. The Hall–Kier alpha value is -4.34. The smallest absolute Gasteiger partial charge is 0.310 e. The molecule has 0 aliphatic carbocycles. The molecule has 210 valence electrons. The second-order valence-corrected chi connectivity index (χ2v) is 9.02. The molecule has 0 spiro atoms. The van der Waals surface area contributed by atoms with Crippen molar-refractivity contribution in [2.45, 2.75) is 27.7 Å². The highest BCUT2D eigenvalue weighted by Gasteiger charge is 2.52. The number of hydrogen-bond acceptors (Lipinski definition) is 10. The lowest BCUT2D eigenvalue weighted by molar-refractivity contribution is -0.326. The van der Waals surface area contributed by atoms with Crippen molar-refractivity contribution in [1.82, 2.24) is 0 Å². The molecule has 2 atom stereocenters. The maximum Gasteiger partial charge on any atom is 0.310 e. The number of esters is 2. The van der Waals surface area contributed by atoms with Crippen molar-refractivity contribution in [3.63, 3.8) is 0 Å². The van der Waals surface area contributed by atoms with Gasteiger partial charge in [-0.1, -0.05) is 55.8 Å². The second kappa shape index (κ2) is 14.0. The van der Waals surface area contributed by atoms with Gasteiger partial charge in [0.15, 0.2) is 0 Å². The van der Waals surface area contributed by atoms with Crippen molar-refractivity contribution >= 4 is 23.9 Å². The summed E-state index contributed by atoms with van der Waals surface area (Å²) in [6.45, 7) is 8.68. The topological polar surface area (TPSA) is 151 Å². The van der Waals surface area contributed by atoms with Crippen LogP contribution in [0.2, 0.25) is 0 Å². The number of carbonyl (C=O) groups is 4. The molecule has 0 aromatic heterocycles. The number of aliphatic carboxylic acids is 2. The summed E-state index contributed by atoms with van der Waals surface area (Å²) in [7, 11) is 0. The Morgan fingerprint density at radius 3 is 1.38 bits per heavy atom. The third-order valence-electron chi connectivity index (χ3n) is 6.39. The third kappa shape index (κ3) is 7.83. The lowest BCUT2D eigenvalue weighted by atomic mass is 9.63. The van der Waals surface area contributed by atoms with Gasteiger partial charge in [-0.15, -0.1) is 0 Å². The van der Waals surface area contributed by atoms with E-state index in [-0.39, 0.29) is 26.4 Å². The summed E-state index contributed by atoms with van der Waals surface area (Å²) in [6.07, 6.45) is 0. The van der Waals surface area contributed by atoms with E-state index in [0.717, 1.165) is 25.0 Å². The van der Waals surface area contributed by atoms with Gasteiger partial charge in [0, 0.05) is 0 Å². The van der Waals surface area contributed by atoms with Gasteiger partial charge in [-0.3, -0.25) is 9.59 Å². The first-order valence-electron chi connectivity index (χ1n) is 12.3. The van der Waals surface area contributed by atoms with Crippen LogP contribution >= 0.6 is 0 Å². The number of carboxylic acid groups (broad SMARTS) is 2. The number of carboxylic acids is 2. The molecule has 10 nitrogen and oxygen atoms in total. The highest BCUT2D eigenvalue weighted by atomic mass is 16.6. The molecule has 0 saturated heterocycles.